The molecule has 22 heavy (non-hydrogen) atoms. The van der Waals surface area contributed by atoms with Crippen molar-refractivity contribution >= 4 is 0 Å². The highest BCUT2D eigenvalue weighted by atomic mass is 19.1. The van der Waals surface area contributed by atoms with Gasteiger partial charge in [-0.2, -0.15) is 0 Å². The number of halogens is 1. The van der Waals surface area contributed by atoms with Crippen LogP contribution in [0.4, 0.5) is 4.39 Å². The molecule has 1 atom stereocenters. The number of ether oxygens (including phenoxy) is 1. The summed E-state index contributed by atoms with van der Waals surface area (Å²) in [6.45, 7) is 4.82. The fourth-order valence-corrected chi connectivity index (χ4v) is 2.70. The zero-order valence-electron chi connectivity index (χ0n) is 13.5. The number of rotatable bonds is 6. The standard InChI is InChI=1S/C19H24FNO/c1-13(2)15-7-8-19(22-3)18(11-15)16(12-21)9-14-5-4-6-17(20)10-14/h4-8,10-11,13,16H,9,12,21H2,1-3H3. The summed E-state index contributed by atoms with van der Waals surface area (Å²) < 4.78 is 18.9. The Kier molecular flexibility index (Phi) is 5.56. The van der Waals surface area contributed by atoms with Gasteiger partial charge in [-0.15, -0.1) is 0 Å². The summed E-state index contributed by atoms with van der Waals surface area (Å²) in [5.41, 5.74) is 9.30. The third-order valence-electron chi connectivity index (χ3n) is 4.02. The van der Waals surface area contributed by atoms with Crippen LogP contribution in [0.1, 0.15) is 42.4 Å². The van der Waals surface area contributed by atoms with Crippen molar-refractivity contribution in [3.8, 4) is 5.75 Å². The van der Waals surface area contributed by atoms with Crippen LogP contribution in [0.5, 0.6) is 5.75 Å². The van der Waals surface area contributed by atoms with E-state index in [4.69, 9.17) is 10.5 Å². The predicted molar refractivity (Wildman–Crippen MR) is 89.0 cm³/mol. The Balaban J connectivity index is 2.35. The van der Waals surface area contributed by atoms with Gasteiger partial charge in [-0.25, -0.2) is 4.39 Å². The van der Waals surface area contributed by atoms with Crippen molar-refractivity contribution in [3.05, 3.63) is 65.0 Å². The topological polar surface area (TPSA) is 35.2 Å². The summed E-state index contributed by atoms with van der Waals surface area (Å²) >= 11 is 0. The molecule has 2 rings (SSSR count). The van der Waals surface area contributed by atoms with Gasteiger partial charge in [0.2, 0.25) is 0 Å². The van der Waals surface area contributed by atoms with E-state index in [-0.39, 0.29) is 11.7 Å². The van der Waals surface area contributed by atoms with Crippen LogP contribution in [-0.4, -0.2) is 13.7 Å². The Morgan fingerprint density at radius 3 is 2.50 bits per heavy atom. The molecule has 1 unspecified atom stereocenters. The monoisotopic (exact) mass is 301 g/mol. The lowest BCUT2D eigenvalue weighted by molar-refractivity contribution is 0.405. The fraction of sp³-hybridized carbons (Fsp3) is 0.368. The minimum atomic E-state index is -0.212. The molecular weight excluding hydrogens is 277 g/mol. The van der Waals surface area contributed by atoms with E-state index in [0.717, 1.165) is 16.9 Å². The van der Waals surface area contributed by atoms with Gasteiger partial charge >= 0.3 is 0 Å². The molecule has 0 bridgehead atoms. The SMILES string of the molecule is COc1ccc(C(C)C)cc1C(CN)Cc1cccc(F)c1. The van der Waals surface area contributed by atoms with Crippen LogP contribution in [0.3, 0.4) is 0 Å². The first-order chi connectivity index (χ1) is 10.5. The van der Waals surface area contributed by atoms with Gasteiger partial charge in [-0.1, -0.05) is 38.1 Å². The van der Waals surface area contributed by atoms with E-state index in [1.807, 2.05) is 12.1 Å². The highest BCUT2D eigenvalue weighted by Gasteiger charge is 2.17. The Morgan fingerprint density at radius 2 is 1.91 bits per heavy atom. The molecule has 0 amide bonds. The molecule has 2 N–H and O–H groups in total. The second kappa shape index (κ2) is 7.41. The van der Waals surface area contributed by atoms with Crippen LogP contribution < -0.4 is 10.5 Å². The number of hydrogen-bond donors (Lipinski definition) is 1. The molecule has 0 fully saturated rings. The largest absolute Gasteiger partial charge is 0.496 e. The van der Waals surface area contributed by atoms with Gasteiger partial charge in [0.05, 0.1) is 7.11 Å². The lowest BCUT2D eigenvalue weighted by Crippen LogP contribution is -2.16. The van der Waals surface area contributed by atoms with Crippen LogP contribution in [0, 0.1) is 5.82 Å². The minimum absolute atomic E-state index is 0.107. The Morgan fingerprint density at radius 1 is 1.14 bits per heavy atom. The molecule has 2 nitrogen and oxygen atoms in total. The summed E-state index contributed by atoms with van der Waals surface area (Å²) in [5.74, 6) is 1.18. The van der Waals surface area contributed by atoms with E-state index >= 15 is 0 Å². The van der Waals surface area contributed by atoms with Crippen LogP contribution >= 0.6 is 0 Å². The molecule has 0 saturated carbocycles. The van der Waals surface area contributed by atoms with Crippen molar-refractivity contribution in [2.24, 2.45) is 5.73 Å². The molecule has 0 saturated heterocycles. The second-order valence-corrected chi connectivity index (χ2v) is 5.92. The van der Waals surface area contributed by atoms with Crippen molar-refractivity contribution in [1.82, 2.24) is 0 Å². The average Bonchev–Trinajstić information content (AvgIpc) is 2.52. The molecular formula is C19H24FNO. The van der Waals surface area contributed by atoms with Crippen LogP contribution in [0.2, 0.25) is 0 Å². The van der Waals surface area contributed by atoms with E-state index in [9.17, 15) is 4.39 Å². The van der Waals surface area contributed by atoms with Gasteiger partial charge in [0.15, 0.2) is 0 Å². The smallest absolute Gasteiger partial charge is 0.123 e. The summed E-state index contributed by atoms with van der Waals surface area (Å²) in [6.07, 6.45) is 0.701. The average molecular weight is 301 g/mol. The quantitative estimate of drug-likeness (QED) is 0.866. The highest BCUT2D eigenvalue weighted by Crippen LogP contribution is 2.32. The number of hydrogen-bond acceptors (Lipinski definition) is 2. The van der Waals surface area contributed by atoms with E-state index in [1.165, 1.54) is 11.6 Å². The molecule has 2 aromatic carbocycles. The summed E-state index contributed by atoms with van der Waals surface area (Å²) in [6, 6.07) is 13.0. The molecule has 0 aliphatic rings. The molecule has 0 aromatic heterocycles. The van der Waals surface area contributed by atoms with Gasteiger partial charge in [0, 0.05) is 5.92 Å². The number of nitrogens with two attached hydrogens (primary N) is 1. The zero-order chi connectivity index (χ0) is 16.1. The zero-order valence-corrected chi connectivity index (χ0v) is 13.5. The van der Waals surface area contributed by atoms with Gasteiger partial charge in [-0.3, -0.25) is 0 Å². The lowest BCUT2D eigenvalue weighted by Gasteiger charge is -2.20. The number of benzene rings is 2. The highest BCUT2D eigenvalue weighted by molar-refractivity contribution is 5.42. The first kappa shape index (κ1) is 16.5. The van der Waals surface area contributed by atoms with E-state index in [2.05, 4.69) is 26.0 Å². The second-order valence-electron chi connectivity index (χ2n) is 5.92. The molecule has 2 aromatic rings. The summed E-state index contributed by atoms with van der Waals surface area (Å²) in [5, 5.41) is 0. The molecule has 0 heterocycles. The van der Waals surface area contributed by atoms with Gasteiger partial charge < -0.3 is 10.5 Å². The Bertz CT molecular complexity index is 625. The first-order valence-electron chi connectivity index (χ1n) is 7.67. The first-order valence-corrected chi connectivity index (χ1v) is 7.67. The molecule has 0 aliphatic carbocycles. The van der Waals surface area contributed by atoms with Crippen LogP contribution in [0.25, 0.3) is 0 Å². The lowest BCUT2D eigenvalue weighted by atomic mass is 9.88. The van der Waals surface area contributed by atoms with Crippen molar-refractivity contribution in [3.63, 3.8) is 0 Å². The van der Waals surface area contributed by atoms with Gasteiger partial charge in [0.1, 0.15) is 11.6 Å². The number of methoxy groups -OCH3 is 1. The van der Waals surface area contributed by atoms with E-state index < -0.39 is 0 Å². The maximum Gasteiger partial charge on any atom is 0.123 e. The Hall–Kier alpha value is -1.87. The van der Waals surface area contributed by atoms with Crippen molar-refractivity contribution in [2.75, 3.05) is 13.7 Å². The maximum absolute atomic E-state index is 13.4. The third kappa shape index (κ3) is 3.86. The minimum Gasteiger partial charge on any atom is -0.496 e. The third-order valence-corrected chi connectivity index (χ3v) is 4.02. The fourth-order valence-electron chi connectivity index (χ4n) is 2.70. The van der Waals surface area contributed by atoms with Crippen LogP contribution in [0.15, 0.2) is 42.5 Å². The molecule has 0 spiro atoms. The summed E-state index contributed by atoms with van der Waals surface area (Å²) in [4.78, 5) is 0. The molecule has 0 radical (unpaired) electrons. The molecule has 118 valence electrons. The maximum atomic E-state index is 13.4. The van der Waals surface area contributed by atoms with E-state index in [0.29, 0.717) is 18.9 Å². The van der Waals surface area contributed by atoms with Gasteiger partial charge in [0.25, 0.3) is 0 Å². The predicted octanol–water partition coefficient (Wildman–Crippen LogP) is 4.24. The van der Waals surface area contributed by atoms with Crippen molar-refractivity contribution in [2.45, 2.75) is 32.1 Å². The molecule has 0 aliphatic heterocycles. The van der Waals surface area contributed by atoms with Crippen molar-refractivity contribution in [1.29, 1.82) is 0 Å². The van der Waals surface area contributed by atoms with Crippen molar-refractivity contribution < 1.29 is 9.13 Å². The molecule has 3 heteroatoms. The van der Waals surface area contributed by atoms with E-state index in [1.54, 1.807) is 19.2 Å². The van der Waals surface area contributed by atoms with Gasteiger partial charge in [-0.05, 0) is 53.8 Å². The summed E-state index contributed by atoms with van der Waals surface area (Å²) in [7, 11) is 1.67. The normalized spacial score (nSPS) is 12.5. The van der Waals surface area contributed by atoms with Crippen LogP contribution in [-0.2, 0) is 6.42 Å². The Labute approximate surface area is 132 Å².